The maximum absolute atomic E-state index is 4.36. The third kappa shape index (κ3) is 4.20. The molecule has 2 N–H and O–H groups in total. The topological polar surface area (TPSA) is 40.7 Å². The van der Waals surface area contributed by atoms with Gasteiger partial charge in [-0.2, -0.15) is 0 Å². The smallest absolute Gasteiger partial charge is 0.0925 e. The van der Waals surface area contributed by atoms with E-state index in [1.807, 2.05) is 0 Å². The van der Waals surface area contributed by atoms with Crippen LogP contribution >= 0.6 is 0 Å². The van der Waals surface area contributed by atoms with Crippen LogP contribution in [0.1, 0.15) is 50.2 Å². The quantitative estimate of drug-likeness (QED) is 0.863. The zero-order chi connectivity index (χ0) is 14.6. The fraction of sp³-hybridized carbons (Fsp3) is 0.471. The van der Waals surface area contributed by atoms with Crippen molar-refractivity contribution in [2.45, 2.75) is 46.7 Å². The number of rotatable bonds is 5. The van der Waals surface area contributed by atoms with Crippen molar-refractivity contribution in [3.05, 3.63) is 53.6 Å². The molecule has 1 unspecified atom stereocenters. The normalized spacial score (nSPS) is 13.4. The Morgan fingerprint density at radius 3 is 2.45 bits per heavy atom. The Kier molecular flexibility index (Phi) is 4.61. The number of hydrogen-bond donors (Lipinski definition) is 2. The van der Waals surface area contributed by atoms with Crippen LogP contribution in [-0.4, -0.2) is 9.97 Å². The summed E-state index contributed by atoms with van der Waals surface area (Å²) in [6.45, 7) is 9.70. The van der Waals surface area contributed by atoms with Gasteiger partial charge in [0, 0.05) is 18.3 Å². The predicted molar refractivity (Wildman–Crippen MR) is 83.4 cm³/mol. The van der Waals surface area contributed by atoms with E-state index >= 15 is 0 Å². The van der Waals surface area contributed by atoms with Gasteiger partial charge >= 0.3 is 0 Å². The maximum Gasteiger partial charge on any atom is 0.0925 e. The number of aromatic amines is 1. The van der Waals surface area contributed by atoms with E-state index in [9.17, 15) is 0 Å². The highest BCUT2D eigenvalue weighted by molar-refractivity contribution is 5.19. The number of nitrogens with zero attached hydrogens (tertiary/aromatic N) is 1. The number of aromatic nitrogens is 2. The minimum absolute atomic E-state index is 0.286. The summed E-state index contributed by atoms with van der Waals surface area (Å²) in [7, 11) is 0. The Labute approximate surface area is 121 Å². The number of nitrogens with one attached hydrogen (secondary N) is 2. The molecule has 0 bridgehead atoms. The molecule has 0 aliphatic carbocycles. The van der Waals surface area contributed by atoms with Crippen LogP contribution in [0.2, 0.25) is 0 Å². The highest BCUT2D eigenvalue weighted by Gasteiger charge is 2.20. The first-order chi connectivity index (χ1) is 9.46. The summed E-state index contributed by atoms with van der Waals surface area (Å²) in [6, 6.07) is 11.0. The van der Waals surface area contributed by atoms with Crippen molar-refractivity contribution in [2.24, 2.45) is 5.41 Å². The van der Waals surface area contributed by atoms with Gasteiger partial charge in [-0.3, -0.25) is 0 Å². The van der Waals surface area contributed by atoms with Gasteiger partial charge in [-0.15, -0.1) is 0 Å². The predicted octanol–water partition coefficient (Wildman–Crippen LogP) is 3.99. The molecule has 20 heavy (non-hydrogen) atoms. The lowest BCUT2D eigenvalue weighted by Gasteiger charge is -2.27. The summed E-state index contributed by atoms with van der Waals surface area (Å²) < 4.78 is 0. The molecule has 0 aliphatic rings. The summed E-state index contributed by atoms with van der Waals surface area (Å²) in [5.74, 6) is 0. The fourth-order valence-electron chi connectivity index (χ4n) is 2.39. The molecule has 3 heteroatoms. The van der Waals surface area contributed by atoms with Gasteiger partial charge in [0.05, 0.1) is 12.0 Å². The average molecular weight is 271 g/mol. The zero-order valence-corrected chi connectivity index (χ0v) is 12.9. The van der Waals surface area contributed by atoms with Gasteiger partial charge in [0.25, 0.3) is 0 Å². The van der Waals surface area contributed by atoms with E-state index in [2.05, 4.69) is 73.3 Å². The van der Waals surface area contributed by atoms with Crippen molar-refractivity contribution in [3.63, 3.8) is 0 Å². The van der Waals surface area contributed by atoms with E-state index in [0.717, 1.165) is 24.4 Å². The Morgan fingerprint density at radius 1 is 1.20 bits per heavy atom. The minimum Gasteiger partial charge on any atom is -0.348 e. The molecule has 2 rings (SSSR count). The Bertz CT molecular complexity index is 523. The summed E-state index contributed by atoms with van der Waals surface area (Å²) in [5.41, 5.74) is 3.87. The Morgan fingerprint density at radius 2 is 1.90 bits per heavy atom. The van der Waals surface area contributed by atoms with Crippen LogP contribution in [0.3, 0.4) is 0 Å². The molecule has 1 heterocycles. The summed E-state index contributed by atoms with van der Waals surface area (Å²) in [5, 5.41) is 3.65. The molecule has 2 aromatic rings. The molecular formula is C17H25N3. The van der Waals surface area contributed by atoms with Gasteiger partial charge in [-0.1, -0.05) is 51.1 Å². The van der Waals surface area contributed by atoms with Crippen LogP contribution in [0.5, 0.6) is 0 Å². The van der Waals surface area contributed by atoms with E-state index < -0.39 is 0 Å². The Hall–Kier alpha value is -1.61. The van der Waals surface area contributed by atoms with Crippen molar-refractivity contribution >= 4 is 0 Å². The molecule has 0 radical (unpaired) electrons. The second kappa shape index (κ2) is 6.23. The van der Waals surface area contributed by atoms with E-state index in [4.69, 9.17) is 0 Å². The number of aryl methyl sites for hydroxylation is 1. The fourth-order valence-corrected chi connectivity index (χ4v) is 2.39. The molecule has 1 aromatic carbocycles. The van der Waals surface area contributed by atoms with Crippen LogP contribution in [0.25, 0.3) is 0 Å². The lowest BCUT2D eigenvalue weighted by Crippen LogP contribution is -2.25. The van der Waals surface area contributed by atoms with Crippen molar-refractivity contribution in [3.8, 4) is 0 Å². The lowest BCUT2D eigenvalue weighted by atomic mass is 9.85. The number of H-pyrrole nitrogens is 1. The summed E-state index contributed by atoms with van der Waals surface area (Å²) in [4.78, 5) is 7.49. The van der Waals surface area contributed by atoms with Gasteiger partial charge < -0.3 is 10.3 Å². The Balaban J connectivity index is 2.09. The SMILES string of the molecule is Cc1[nH]cnc1CNC(CC(C)(C)C)c1ccccc1. The van der Waals surface area contributed by atoms with E-state index in [0.29, 0.717) is 6.04 Å². The average Bonchev–Trinajstić information content (AvgIpc) is 2.80. The molecule has 3 nitrogen and oxygen atoms in total. The van der Waals surface area contributed by atoms with Crippen LogP contribution < -0.4 is 5.32 Å². The van der Waals surface area contributed by atoms with Crippen LogP contribution in [0, 0.1) is 12.3 Å². The number of imidazole rings is 1. The minimum atomic E-state index is 0.286. The highest BCUT2D eigenvalue weighted by Crippen LogP contribution is 2.29. The summed E-state index contributed by atoms with van der Waals surface area (Å²) in [6.07, 6.45) is 2.86. The molecule has 0 fully saturated rings. The maximum atomic E-state index is 4.36. The van der Waals surface area contributed by atoms with Gasteiger partial charge in [0.15, 0.2) is 0 Å². The molecular weight excluding hydrogens is 246 g/mol. The highest BCUT2D eigenvalue weighted by atomic mass is 15.0. The van der Waals surface area contributed by atoms with Crippen LogP contribution in [0.15, 0.2) is 36.7 Å². The van der Waals surface area contributed by atoms with E-state index in [1.165, 1.54) is 5.56 Å². The standard InChI is InChI=1S/C17H25N3/c1-13-16(20-12-19-13)11-18-15(10-17(2,3)4)14-8-6-5-7-9-14/h5-9,12,15,18H,10-11H2,1-4H3,(H,19,20). The first-order valence-electron chi connectivity index (χ1n) is 7.23. The molecule has 0 aliphatic heterocycles. The molecule has 1 atom stereocenters. The second-order valence-electron chi connectivity index (χ2n) is 6.58. The zero-order valence-electron chi connectivity index (χ0n) is 12.9. The number of hydrogen-bond acceptors (Lipinski definition) is 2. The first-order valence-corrected chi connectivity index (χ1v) is 7.23. The monoisotopic (exact) mass is 271 g/mol. The van der Waals surface area contributed by atoms with Crippen molar-refractivity contribution < 1.29 is 0 Å². The second-order valence-corrected chi connectivity index (χ2v) is 6.58. The third-order valence-corrected chi connectivity index (χ3v) is 3.47. The molecule has 0 saturated carbocycles. The third-order valence-electron chi connectivity index (χ3n) is 3.47. The number of benzene rings is 1. The van der Waals surface area contributed by atoms with Crippen molar-refractivity contribution in [1.82, 2.24) is 15.3 Å². The molecule has 1 aromatic heterocycles. The summed E-state index contributed by atoms with van der Waals surface area (Å²) >= 11 is 0. The molecule has 0 spiro atoms. The van der Waals surface area contributed by atoms with E-state index in [-0.39, 0.29) is 5.41 Å². The van der Waals surface area contributed by atoms with Gasteiger partial charge in [-0.25, -0.2) is 4.98 Å². The van der Waals surface area contributed by atoms with Crippen LogP contribution in [-0.2, 0) is 6.54 Å². The molecule has 108 valence electrons. The van der Waals surface area contributed by atoms with Crippen molar-refractivity contribution in [2.75, 3.05) is 0 Å². The molecule has 0 saturated heterocycles. The van der Waals surface area contributed by atoms with Crippen molar-refractivity contribution in [1.29, 1.82) is 0 Å². The van der Waals surface area contributed by atoms with E-state index in [1.54, 1.807) is 6.33 Å². The molecule has 0 amide bonds. The first kappa shape index (κ1) is 14.8. The van der Waals surface area contributed by atoms with Gasteiger partial charge in [0.2, 0.25) is 0 Å². The van der Waals surface area contributed by atoms with Gasteiger partial charge in [0.1, 0.15) is 0 Å². The van der Waals surface area contributed by atoms with Crippen LogP contribution in [0.4, 0.5) is 0 Å². The lowest BCUT2D eigenvalue weighted by molar-refractivity contribution is 0.309. The van der Waals surface area contributed by atoms with Gasteiger partial charge in [-0.05, 0) is 24.3 Å². The largest absolute Gasteiger partial charge is 0.348 e.